The molecule has 3 aromatic rings. The zero-order valence-corrected chi connectivity index (χ0v) is 16.6. The Morgan fingerprint density at radius 1 is 1.31 bits per heavy atom. The Bertz CT molecular complexity index is 1070. The van der Waals surface area contributed by atoms with Crippen molar-refractivity contribution in [3.8, 4) is 17.1 Å². The van der Waals surface area contributed by atoms with Gasteiger partial charge in [0.25, 0.3) is 0 Å². The lowest BCUT2D eigenvalue weighted by atomic mass is 9.78. The zero-order chi connectivity index (χ0) is 20.0. The number of hydrogen-bond acceptors (Lipinski definition) is 5. The third-order valence-electron chi connectivity index (χ3n) is 5.46. The molecule has 29 heavy (non-hydrogen) atoms. The topological polar surface area (TPSA) is 92.4 Å². The van der Waals surface area contributed by atoms with Gasteiger partial charge in [0.2, 0.25) is 5.88 Å². The molecule has 1 spiro atoms. The summed E-state index contributed by atoms with van der Waals surface area (Å²) in [6.07, 6.45) is 3.18. The second-order valence-electron chi connectivity index (χ2n) is 7.67. The fraction of sp³-hybridized carbons (Fsp3) is 0.350. The highest BCUT2D eigenvalue weighted by atomic mass is 35.5. The second kappa shape index (κ2) is 6.89. The van der Waals surface area contributed by atoms with E-state index in [-0.39, 0.29) is 11.4 Å². The number of hydrogen-bond donors (Lipinski definition) is 2. The van der Waals surface area contributed by atoms with Crippen LogP contribution in [0.2, 0.25) is 5.02 Å². The van der Waals surface area contributed by atoms with Crippen molar-refractivity contribution >= 4 is 28.5 Å². The van der Waals surface area contributed by atoms with Gasteiger partial charge in [-0.2, -0.15) is 0 Å². The number of rotatable bonds is 4. The number of nitrogens with one attached hydrogen (secondary N) is 2. The highest BCUT2D eigenvalue weighted by Gasteiger charge is 2.50. The predicted molar refractivity (Wildman–Crippen MR) is 108 cm³/mol. The van der Waals surface area contributed by atoms with Crippen LogP contribution in [-0.4, -0.2) is 59.3 Å². The summed E-state index contributed by atoms with van der Waals surface area (Å²) in [7, 11) is 1.55. The van der Waals surface area contributed by atoms with Gasteiger partial charge in [-0.1, -0.05) is 11.6 Å². The first-order valence-electron chi connectivity index (χ1n) is 9.33. The number of aromatic nitrogens is 3. The van der Waals surface area contributed by atoms with Gasteiger partial charge in [-0.25, -0.2) is 14.8 Å². The van der Waals surface area contributed by atoms with Crippen LogP contribution in [0.4, 0.5) is 4.79 Å². The minimum atomic E-state index is -0.0478. The lowest BCUT2D eigenvalue weighted by molar-refractivity contribution is -0.175. The van der Waals surface area contributed by atoms with Crippen LogP contribution in [0.25, 0.3) is 22.2 Å². The first kappa shape index (κ1) is 18.2. The first-order valence-corrected chi connectivity index (χ1v) is 9.71. The summed E-state index contributed by atoms with van der Waals surface area (Å²) in [5.41, 5.74) is 3.48. The summed E-state index contributed by atoms with van der Waals surface area (Å²) in [6.45, 7) is 3.49. The molecule has 0 unspecified atom stereocenters. The maximum atomic E-state index is 12.3. The molecule has 2 saturated heterocycles. The lowest BCUT2D eigenvalue weighted by Crippen LogP contribution is -2.68. The van der Waals surface area contributed by atoms with Gasteiger partial charge in [-0.3, -0.25) is 0 Å². The summed E-state index contributed by atoms with van der Waals surface area (Å²) in [6, 6.07) is 5.77. The van der Waals surface area contributed by atoms with Crippen molar-refractivity contribution in [2.75, 3.05) is 33.4 Å². The van der Waals surface area contributed by atoms with E-state index in [0.29, 0.717) is 23.1 Å². The largest absolute Gasteiger partial charge is 0.480 e. The number of fused-ring (bicyclic) bond motifs is 1. The maximum Gasteiger partial charge on any atom is 0.317 e. The number of aromatic amines is 1. The Labute approximate surface area is 172 Å². The highest BCUT2D eigenvalue weighted by molar-refractivity contribution is 6.34. The van der Waals surface area contributed by atoms with Crippen LogP contribution >= 0.6 is 11.6 Å². The summed E-state index contributed by atoms with van der Waals surface area (Å²) < 4.78 is 10.3. The molecule has 0 bridgehead atoms. The number of halogens is 1. The third kappa shape index (κ3) is 3.28. The number of benzene rings is 1. The molecule has 8 nitrogen and oxygen atoms in total. The maximum absolute atomic E-state index is 12.3. The van der Waals surface area contributed by atoms with Crippen LogP contribution in [0, 0.1) is 5.41 Å². The van der Waals surface area contributed by atoms with Crippen molar-refractivity contribution < 1.29 is 14.3 Å². The van der Waals surface area contributed by atoms with Crippen molar-refractivity contribution in [2.45, 2.75) is 6.54 Å². The number of carbonyl (C=O) groups is 1. The minimum absolute atomic E-state index is 0.0478. The Hall–Kier alpha value is -2.84. The molecule has 2 aromatic heterocycles. The third-order valence-corrected chi connectivity index (χ3v) is 5.78. The van der Waals surface area contributed by atoms with Gasteiger partial charge >= 0.3 is 6.03 Å². The quantitative estimate of drug-likeness (QED) is 0.686. The number of H-pyrrole nitrogens is 1. The Balaban J connectivity index is 1.29. The summed E-state index contributed by atoms with van der Waals surface area (Å²) in [5, 5.41) is 4.52. The predicted octanol–water partition coefficient (Wildman–Crippen LogP) is 2.83. The molecule has 2 aliphatic heterocycles. The van der Waals surface area contributed by atoms with Crippen molar-refractivity contribution in [3.05, 3.63) is 41.3 Å². The van der Waals surface area contributed by atoms with Gasteiger partial charge in [0, 0.05) is 35.2 Å². The number of amides is 2. The van der Waals surface area contributed by atoms with Crippen LogP contribution < -0.4 is 10.1 Å². The average molecular weight is 414 g/mol. The SMILES string of the molecule is COc1cnc(-c2cc3[nH]c(CNC(=O)N4CC5(COC5)C4)cc3cc2Cl)cn1. The van der Waals surface area contributed by atoms with Gasteiger partial charge in [-0.05, 0) is 18.2 Å². The van der Waals surface area contributed by atoms with E-state index >= 15 is 0 Å². The Morgan fingerprint density at radius 2 is 2.14 bits per heavy atom. The van der Waals surface area contributed by atoms with E-state index in [1.807, 2.05) is 23.1 Å². The molecule has 2 aliphatic rings. The average Bonchev–Trinajstić information content (AvgIpc) is 3.05. The van der Waals surface area contributed by atoms with Gasteiger partial charge in [-0.15, -0.1) is 0 Å². The van der Waals surface area contributed by atoms with Crippen molar-refractivity contribution in [1.82, 2.24) is 25.2 Å². The van der Waals surface area contributed by atoms with Crippen LogP contribution in [-0.2, 0) is 11.3 Å². The van der Waals surface area contributed by atoms with E-state index in [9.17, 15) is 4.79 Å². The standard InChI is InChI=1S/C20H20ClN5O3/c1-28-18-7-22-17(6-23-18)14-4-16-12(3-15(14)21)2-13(25-16)5-24-19(27)26-8-20(9-26)10-29-11-20/h2-4,6-7,25H,5,8-11H2,1H3,(H,24,27). The number of carbonyl (C=O) groups excluding carboxylic acids is 1. The van der Waals surface area contributed by atoms with E-state index in [4.69, 9.17) is 21.1 Å². The van der Waals surface area contributed by atoms with Crippen LogP contribution in [0.1, 0.15) is 5.69 Å². The fourth-order valence-corrected chi connectivity index (χ4v) is 4.10. The van der Waals surface area contributed by atoms with Gasteiger partial charge < -0.3 is 24.7 Å². The molecular weight excluding hydrogens is 394 g/mol. The molecule has 2 amide bonds. The molecule has 2 N–H and O–H groups in total. The fourth-order valence-electron chi connectivity index (χ4n) is 3.83. The van der Waals surface area contributed by atoms with Crippen LogP contribution in [0.3, 0.4) is 0 Å². The number of likely N-dealkylation sites (tertiary alicyclic amines) is 1. The number of nitrogens with zero attached hydrogens (tertiary/aromatic N) is 3. The summed E-state index contributed by atoms with van der Waals surface area (Å²) >= 11 is 6.46. The molecule has 4 heterocycles. The first-order chi connectivity index (χ1) is 14.0. The van der Waals surface area contributed by atoms with E-state index < -0.39 is 0 Å². The van der Waals surface area contributed by atoms with E-state index in [1.54, 1.807) is 19.5 Å². The lowest BCUT2D eigenvalue weighted by Gasteiger charge is -2.54. The molecule has 9 heteroatoms. The molecule has 150 valence electrons. The molecule has 1 aromatic carbocycles. The van der Waals surface area contributed by atoms with E-state index in [0.717, 1.165) is 48.5 Å². The molecule has 2 fully saturated rings. The van der Waals surface area contributed by atoms with E-state index in [1.165, 1.54) is 0 Å². The van der Waals surface area contributed by atoms with Crippen molar-refractivity contribution in [2.24, 2.45) is 5.41 Å². The van der Waals surface area contributed by atoms with Crippen LogP contribution in [0.5, 0.6) is 5.88 Å². The normalized spacial score (nSPS) is 17.1. The van der Waals surface area contributed by atoms with Crippen LogP contribution in [0.15, 0.2) is 30.6 Å². The van der Waals surface area contributed by atoms with Gasteiger partial charge in [0.05, 0.1) is 55.4 Å². The van der Waals surface area contributed by atoms with Gasteiger partial charge in [0.15, 0.2) is 0 Å². The molecule has 0 aliphatic carbocycles. The smallest absolute Gasteiger partial charge is 0.317 e. The number of ether oxygens (including phenoxy) is 2. The highest BCUT2D eigenvalue weighted by Crippen LogP contribution is 2.37. The van der Waals surface area contributed by atoms with Gasteiger partial charge in [0.1, 0.15) is 0 Å². The Morgan fingerprint density at radius 3 is 2.79 bits per heavy atom. The molecular formula is C20H20ClN5O3. The van der Waals surface area contributed by atoms with E-state index in [2.05, 4.69) is 20.3 Å². The molecule has 0 saturated carbocycles. The monoisotopic (exact) mass is 413 g/mol. The molecule has 0 radical (unpaired) electrons. The second-order valence-corrected chi connectivity index (χ2v) is 8.07. The Kier molecular flexibility index (Phi) is 4.33. The zero-order valence-electron chi connectivity index (χ0n) is 15.9. The number of urea groups is 1. The molecule has 0 atom stereocenters. The van der Waals surface area contributed by atoms with Crippen molar-refractivity contribution in [3.63, 3.8) is 0 Å². The minimum Gasteiger partial charge on any atom is -0.480 e. The summed E-state index contributed by atoms with van der Waals surface area (Å²) in [4.78, 5) is 26.0. The summed E-state index contributed by atoms with van der Waals surface area (Å²) in [5.74, 6) is 0.446. The van der Waals surface area contributed by atoms with Crippen molar-refractivity contribution in [1.29, 1.82) is 0 Å². The molecule has 5 rings (SSSR count). The number of methoxy groups -OCH3 is 1.